The number of aryl methyl sites for hydroxylation is 2. The molecule has 30 heavy (non-hydrogen) atoms. The Labute approximate surface area is 176 Å². The summed E-state index contributed by atoms with van der Waals surface area (Å²) in [6, 6.07) is 5.77. The van der Waals surface area contributed by atoms with Gasteiger partial charge in [0.15, 0.2) is 0 Å². The van der Waals surface area contributed by atoms with Crippen LogP contribution in [0.5, 0.6) is 0 Å². The van der Waals surface area contributed by atoms with Gasteiger partial charge in [0.05, 0.1) is 5.69 Å². The van der Waals surface area contributed by atoms with E-state index >= 15 is 0 Å². The molecule has 0 aliphatic rings. The Morgan fingerprint density at radius 2 is 2.07 bits per heavy atom. The lowest BCUT2D eigenvalue weighted by Crippen LogP contribution is -2.40. The quantitative estimate of drug-likeness (QED) is 0.532. The van der Waals surface area contributed by atoms with Crippen LogP contribution < -0.4 is 9.44 Å². The molecule has 0 aliphatic heterocycles. The molecular formula is C20H26N6O3S. The van der Waals surface area contributed by atoms with Crippen LogP contribution in [0.25, 0.3) is 22.9 Å². The lowest BCUT2D eigenvalue weighted by molar-refractivity contribution is -0.114. The minimum absolute atomic E-state index is 0.267. The predicted molar refractivity (Wildman–Crippen MR) is 116 cm³/mol. The Hall–Kier alpha value is -2.98. The molecule has 0 unspecified atom stereocenters. The van der Waals surface area contributed by atoms with Gasteiger partial charge in [-0.25, -0.2) is 9.71 Å². The van der Waals surface area contributed by atoms with Gasteiger partial charge in [-0.2, -0.15) is 18.2 Å². The maximum Gasteiger partial charge on any atom is 0.301 e. The van der Waals surface area contributed by atoms with Crippen molar-refractivity contribution in [1.29, 1.82) is 0 Å². The maximum absolute atomic E-state index is 12.2. The second-order valence-corrected chi connectivity index (χ2v) is 8.93. The number of hydrogen-bond donors (Lipinski definition) is 2. The number of carbonyl (C=O) groups excluding carboxylic acids is 1. The molecule has 10 heteroatoms. The largest absolute Gasteiger partial charge is 0.301 e. The molecule has 0 fully saturated rings. The highest BCUT2D eigenvalue weighted by molar-refractivity contribution is 7.88. The highest BCUT2D eigenvalue weighted by Crippen LogP contribution is 2.24. The molecule has 0 atom stereocenters. The Morgan fingerprint density at radius 1 is 1.30 bits per heavy atom. The molecule has 3 heterocycles. The molecule has 0 saturated carbocycles. The highest BCUT2D eigenvalue weighted by atomic mass is 32.2. The Balaban J connectivity index is 1.82. The molecule has 3 rings (SSSR count). The second-order valence-electron chi connectivity index (χ2n) is 7.43. The molecule has 3 aromatic rings. The summed E-state index contributed by atoms with van der Waals surface area (Å²) in [6.07, 6.45) is 7.03. The number of nitrogens with one attached hydrogen (secondary N) is 2. The fraction of sp³-hybridized carbons (Fsp3) is 0.350. The molecule has 0 aromatic carbocycles. The van der Waals surface area contributed by atoms with E-state index in [2.05, 4.69) is 14.8 Å². The third-order valence-corrected chi connectivity index (χ3v) is 5.62. The number of fused-ring (bicyclic) bond motifs is 1. The zero-order valence-corrected chi connectivity index (χ0v) is 18.3. The average molecular weight is 431 g/mol. The fourth-order valence-corrected chi connectivity index (χ4v) is 3.92. The van der Waals surface area contributed by atoms with E-state index in [1.165, 1.54) is 6.08 Å². The number of hydrogen-bond acceptors (Lipinski definition) is 5. The summed E-state index contributed by atoms with van der Waals surface area (Å²) < 4.78 is 31.9. The Morgan fingerprint density at radius 3 is 2.80 bits per heavy atom. The van der Waals surface area contributed by atoms with Gasteiger partial charge in [-0.3, -0.25) is 14.0 Å². The van der Waals surface area contributed by atoms with Crippen LogP contribution in [0.15, 0.2) is 36.7 Å². The summed E-state index contributed by atoms with van der Waals surface area (Å²) in [5, 5.41) is 5.41. The van der Waals surface area contributed by atoms with Gasteiger partial charge in [0.25, 0.3) is 5.91 Å². The van der Waals surface area contributed by atoms with Crippen LogP contribution in [0.2, 0.25) is 0 Å². The van der Waals surface area contributed by atoms with Crippen molar-refractivity contribution in [2.24, 2.45) is 13.0 Å². The van der Waals surface area contributed by atoms with Crippen LogP contribution in [0.1, 0.15) is 31.5 Å². The number of amides is 1. The molecule has 2 N–H and O–H groups in total. The summed E-state index contributed by atoms with van der Waals surface area (Å²) in [6.45, 7) is 6.08. The molecule has 0 saturated heterocycles. The van der Waals surface area contributed by atoms with E-state index in [1.807, 2.05) is 54.5 Å². The van der Waals surface area contributed by atoms with E-state index in [0.717, 1.165) is 16.9 Å². The summed E-state index contributed by atoms with van der Waals surface area (Å²) in [7, 11) is -2.10. The number of carbonyl (C=O) groups is 1. The van der Waals surface area contributed by atoms with Crippen molar-refractivity contribution in [2.45, 2.75) is 27.2 Å². The van der Waals surface area contributed by atoms with Crippen LogP contribution in [-0.4, -0.2) is 40.2 Å². The van der Waals surface area contributed by atoms with Gasteiger partial charge in [0.2, 0.25) is 0 Å². The van der Waals surface area contributed by atoms with Gasteiger partial charge in [-0.15, -0.1) is 0 Å². The molecule has 9 nitrogen and oxygen atoms in total. The SMILES string of the molecule is Cc1nn(C)c(-n2ccc3cccnc32)c1/C=C/C(=O)NS(=O)(=O)NCCC(C)C. The minimum Gasteiger partial charge on any atom is -0.285 e. The van der Waals surface area contributed by atoms with Crippen molar-refractivity contribution in [3.05, 3.63) is 47.9 Å². The van der Waals surface area contributed by atoms with Gasteiger partial charge < -0.3 is 0 Å². The van der Waals surface area contributed by atoms with E-state index in [9.17, 15) is 13.2 Å². The third-order valence-electron chi connectivity index (χ3n) is 4.56. The van der Waals surface area contributed by atoms with Crippen molar-refractivity contribution >= 4 is 33.2 Å². The van der Waals surface area contributed by atoms with E-state index in [4.69, 9.17) is 0 Å². The summed E-state index contributed by atoms with van der Waals surface area (Å²) in [5.74, 6) is 0.342. The monoisotopic (exact) mass is 430 g/mol. The van der Waals surface area contributed by atoms with Crippen LogP contribution in [0.4, 0.5) is 0 Å². The van der Waals surface area contributed by atoms with Gasteiger partial charge >= 0.3 is 10.2 Å². The van der Waals surface area contributed by atoms with E-state index in [1.54, 1.807) is 24.0 Å². The first-order chi connectivity index (χ1) is 14.2. The first-order valence-electron chi connectivity index (χ1n) is 9.63. The minimum atomic E-state index is -3.90. The normalized spacial score (nSPS) is 12.3. The van der Waals surface area contributed by atoms with Crippen molar-refractivity contribution < 1.29 is 13.2 Å². The lowest BCUT2D eigenvalue weighted by atomic mass is 10.1. The van der Waals surface area contributed by atoms with Crippen LogP contribution in [0, 0.1) is 12.8 Å². The summed E-state index contributed by atoms with van der Waals surface area (Å²) >= 11 is 0. The molecule has 1 amide bonds. The van der Waals surface area contributed by atoms with Gasteiger partial charge in [0, 0.05) is 43.0 Å². The van der Waals surface area contributed by atoms with Gasteiger partial charge in [0.1, 0.15) is 11.5 Å². The van der Waals surface area contributed by atoms with Crippen LogP contribution in [-0.2, 0) is 22.1 Å². The van der Waals surface area contributed by atoms with Crippen molar-refractivity contribution in [3.8, 4) is 5.82 Å². The zero-order chi connectivity index (χ0) is 21.9. The molecule has 0 bridgehead atoms. The van der Waals surface area contributed by atoms with Gasteiger partial charge in [-0.05, 0) is 43.5 Å². The Kier molecular flexibility index (Phi) is 6.37. The van der Waals surface area contributed by atoms with Gasteiger partial charge in [-0.1, -0.05) is 13.8 Å². The van der Waals surface area contributed by atoms with Crippen molar-refractivity contribution in [2.75, 3.05) is 6.54 Å². The molecule has 3 aromatic heterocycles. The first kappa shape index (κ1) is 21.7. The third kappa shape index (κ3) is 4.95. The highest BCUT2D eigenvalue weighted by Gasteiger charge is 2.17. The fourth-order valence-electron chi connectivity index (χ4n) is 3.12. The molecule has 0 spiro atoms. The topological polar surface area (TPSA) is 111 Å². The smallest absolute Gasteiger partial charge is 0.285 e. The summed E-state index contributed by atoms with van der Waals surface area (Å²) in [4.78, 5) is 16.6. The van der Waals surface area contributed by atoms with Crippen molar-refractivity contribution in [1.82, 2.24) is 28.8 Å². The summed E-state index contributed by atoms with van der Waals surface area (Å²) in [5.41, 5.74) is 2.16. The number of pyridine rings is 1. The lowest BCUT2D eigenvalue weighted by Gasteiger charge is -2.08. The Bertz CT molecular complexity index is 1190. The molecule has 160 valence electrons. The van der Waals surface area contributed by atoms with E-state index < -0.39 is 16.1 Å². The number of nitrogens with zero attached hydrogens (tertiary/aromatic N) is 4. The number of rotatable bonds is 8. The van der Waals surface area contributed by atoms with E-state index in [-0.39, 0.29) is 6.54 Å². The van der Waals surface area contributed by atoms with E-state index in [0.29, 0.717) is 23.6 Å². The second kappa shape index (κ2) is 8.80. The molecule has 0 radical (unpaired) electrons. The zero-order valence-electron chi connectivity index (χ0n) is 17.5. The predicted octanol–water partition coefficient (Wildman–Crippen LogP) is 2.08. The standard InChI is InChI=1S/C20H26N6O3S/c1-14(2)9-12-22-30(28,29)24-18(27)8-7-17-15(3)23-25(4)20(17)26-13-10-16-6-5-11-21-19(16)26/h5-8,10-11,13-14,22H,9,12H2,1-4H3,(H,24,27)/b8-7+. The van der Waals surface area contributed by atoms with Crippen LogP contribution in [0.3, 0.4) is 0 Å². The average Bonchev–Trinajstić information content (AvgIpc) is 3.19. The van der Waals surface area contributed by atoms with Crippen molar-refractivity contribution in [3.63, 3.8) is 0 Å². The maximum atomic E-state index is 12.2. The molecular weight excluding hydrogens is 404 g/mol. The molecule has 0 aliphatic carbocycles. The van der Waals surface area contributed by atoms with Crippen LogP contribution >= 0.6 is 0 Å². The first-order valence-corrected chi connectivity index (χ1v) is 11.1. The number of aromatic nitrogens is 4.